The van der Waals surface area contributed by atoms with Crippen molar-refractivity contribution >= 4 is 45.8 Å². The smallest absolute Gasteiger partial charge is 0.337 e. The summed E-state index contributed by atoms with van der Waals surface area (Å²) in [5.41, 5.74) is 7.44. The van der Waals surface area contributed by atoms with Gasteiger partial charge in [0.15, 0.2) is 5.84 Å². The van der Waals surface area contributed by atoms with Crippen molar-refractivity contribution in [3.05, 3.63) is 27.3 Å². The number of nitrogens with two attached hydrogens (primary N) is 1. The number of hydrazone groups is 1. The topological polar surface area (TPSA) is 135 Å². The number of halogens is 1. The van der Waals surface area contributed by atoms with Crippen LogP contribution in [0.3, 0.4) is 0 Å². The van der Waals surface area contributed by atoms with E-state index in [1.165, 1.54) is 12.1 Å². The Morgan fingerprint density at radius 2 is 2.28 bits per heavy atom. The Hall–Kier alpha value is -2.15. The second-order valence-electron chi connectivity index (χ2n) is 3.09. The summed E-state index contributed by atoms with van der Waals surface area (Å²) in [4.78, 5) is 11.0. The van der Waals surface area contributed by atoms with Crippen molar-refractivity contribution in [2.45, 2.75) is 0 Å². The van der Waals surface area contributed by atoms with E-state index in [-0.39, 0.29) is 17.0 Å². The number of carbonyl (C=O) groups is 1. The van der Waals surface area contributed by atoms with Crippen molar-refractivity contribution in [2.75, 3.05) is 5.43 Å². The third kappa shape index (κ3) is 3.42. The van der Waals surface area contributed by atoms with Gasteiger partial charge in [0.05, 0.1) is 11.3 Å². The second kappa shape index (κ2) is 5.97. The lowest BCUT2D eigenvalue weighted by Gasteiger charge is -2.06. The SMILES string of the molecule is N#C/C(=N\Nc1ccc(I)cc1C(=O)O)C(=N)N. The molecular weight excluding hydrogens is 349 g/mol. The maximum Gasteiger partial charge on any atom is 0.337 e. The van der Waals surface area contributed by atoms with E-state index < -0.39 is 11.8 Å². The third-order valence-electron chi connectivity index (χ3n) is 1.86. The number of nitriles is 1. The molecule has 0 radical (unpaired) electrons. The fraction of sp³-hybridized carbons (Fsp3) is 0. The molecule has 0 unspecified atom stereocenters. The molecule has 0 aliphatic heterocycles. The quantitative estimate of drug-likeness (QED) is 0.278. The molecule has 0 aromatic heterocycles. The minimum atomic E-state index is -1.12. The first-order valence-corrected chi connectivity index (χ1v) is 5.64. The van der Waals surface area contributed by atoms with Gasteiger partial charge in [0.2, 0.25) is 5.71 Å². The summed E-state index contributed by atoms with van der Waals surface area (Å²) in [5.74, 6) is -1.61. The summed E-state index contributed by atoms with van der Waals surface area (Å²) < 4.78 is 0.756. The fourth-order valence-electron chi connectivity index (χ4n) is 1.05. The Morgan fingerprint density at radius 3 is 2.78 bits per heavy atom. The van der Waals surface area contributed by atoms with Gasteiger partial charge in [-0.2, -0.15) is 10.4 Å². The lowest BCUT2D eigenvalue weighted by atomic mass is 10.2. The molecule has 18 heavy (non-hydrogen) atoms. The van der Waals surface area contributed by atoms with Crippen LogP contribution in [0.4, 0.5) is 5.69 Å². The molecule has 0 aliphatic carbocycles. The molecule has 1 aromatic carbocycles. The minimum Gasteiger partial charge on any atom is -0.478 e. The van der Waals surface area contributed by atoms with E-state index in [1.807, 2.05) is 22.6 Å². The van der Waals surface area contributed by atoms with Crippen LogP contribution in [0.2, 0.25) is 0 Å². The number of nitrogens with zero attached hydrogens (tertiary/aromatic N) is 2. The lowest BCUT2D eigenvalue weighted by Crippen LogP contribution is -2.22. The lowest BCUT2D eigenvalue weighted by molar-refractivity contribution is 0.0698. The molecule has 0 fully saturated rings. The maximum atomic E-state index is 11.0. The molecule has 0 aliphatic rings. The second-order valence-corrected chi connectivity index (χ2v) is 4.34. The number of hydrogen-bond acceptors (Lipinski definition) is 5. The highest BCUT2D eigenvalue weighted by molar-refractivity contribution is 14.1. The zero-order valence-corrected chi connectivity index (χ0v) is 11.1. The van der Waals surface area contributed by atoms with Crippen LogP contribution in [-0.2, 0) is 0 Å². The average molecular weight is 357 g/mol. The highest BCUT2D eigenvalue weighted by Crippen LogP contribution is 2.18. The molecule has 1 rings (SSSR count). The van der Waals surface area contributed by atoms with Gasteiger partial charge in [-0.15, -0.1) is 0 Å². The van der Waals surface area contributed by atoms with Gasteiger partial charge in [-0.1, -0.05) is 0 Å². The van der Waals surface area contributed by atoms with E-state index in [4.69, 9.17) is 21.5 Å². The van der Waals surface area contributed by atoms with E-state index in [9.17, 15) is 4.79 Å². The number of anilines is 1. The third-order valence-corrected chi connectivity index (χ3v) is 2.53. The molecule has 8 heteroatoms. The molecular formula is C10H8IN5O2. The van der Waals surface area contributed by atoms with E-state index in [2.05, 4.69) is 10.5 Å². The number of nitrogens with one attached hydrogen (secondary N) is 2. The van der Waals surface area contributed by atoms with Crippen molar-refractivity contribution < 1.29 is 9.90 Å². The molecule has 0 bridgehead atoms. The van der Waals surface area contributed by atoms with Crippen molar-refractivity contribution in [3.8, 4) is 6.07 Å². The summed E-state index contributed by atoms with van der Waals surface area (Å²) in [6.45, 7) is 0. The van der Waals surface area contributed by atoms with E-state index >= 15 is 0 Å². The molecule has 0 heterocycles. The maximum absolute atomic E-state index is 11.0. The number of carboxylic acids is 1. The molecule has 0 saturated heterocycles. The summed E-state index contributed by atoms with van der Waals surface area (Å²) in [6, 6.07) is 6.28. The van der Waals surface area contributed by atoms with Crippen LogP contribution < -0.4 is 11.2 Å². The normalized spacial score (nSPS) is 10.6. The first kappa shape index (κ1) is 13.9. The van der Waals surface area contributed by atoms with Gasteiger partial charge in [-0.05, 0) is 40.8 Å². The first-order valence-electron chi connectivity index (χ1n) is 4.56. The summed E-state index contributed by atoms with van der Waals surface area (Å²) in [6.07, 6.45) is 0. The van der Waals surface area contributed by atoms with Gasteiger partial charge >= 0.3 is 5.97 Å². The molecule has 7 nitrogen and oxygen atoms in total. The minimum absolute atomic E-state index is 0.0199. The van der Waals surface area contributed by atoms with Crippen LogP contribution in [0.1, 0.15) is 10.4 Å². The van der Waals surface area contributed by atoms with Gasteiger partial charge in [-0.25, -0.2) is 4.79 Å². The van der Waals surface area contributed by atoms with Crippen LogP contribution in [0.15, 0.2) is 23.3 Å². The standard InChI is InChI=1S/C10H8IN5O2/c11-5-1-2-7(6(3-5)10(17)18)15-16-8(4-12)9(13)14/h1-3,15H,(H3,13,14)(H,17,18)/b16-8+. The van der Waals surface area contributed by atoms with E-state index in [1.54, 1.807) is 12.1 Å². The monoisotopic (exact) mass is 357 g/mol. The summed E-state index contributed by atoms with van der Waals surface area (Å²) in [7, 11) is 0. The van der Waals surface area contributed by atoms with Crippen molar-refractivity contribution in [3.63, 3.8) is 0 Å². The van der Waals surface area contributed by atoms with Gasteiger partial charge < -0.3 is 10.8 Å². The van der Waals surface area contributed by atoms with Crippen molar-refractivity contribution in [2.24, 2.45) is 10.8 Å². The summed E-state index contributed by atoms with van der Waals surface area (Å²) >= 11 is 1.98. The van der Waals surface area contributed by atoms with Crippen LogP contribution in [0.5, 0.6) is 0 Å². The molecule has 0 spiro atoms. The fourth-order valence-corrected chi connectivity index (χ4v) is 1.54. The number of benzene rings is 1. The van der Waals surface area contributed by atoms with E-state index in [0.717, 1.165) is 3.57 Å². The molecule has 0 amide bonds. The average Bonchev–Trinajstić information content (AvgIpc) is 2.30. The molecule has 5 N–H and O–H groups in total. The molecule has 92 valence electrons. The predicted octanol–water partition coefficient (Wildman–Crippen LogP) is 1.22. The first-order chi connectivity index (χ1) is 8.45. The highest BCUT2D eigenvalue weighted by Gasteiger charge is 2.10. The Morgan fingerprint density at radius 1 is 1.61 bits per heavy atom. The van der Waals surface area contributed by atoms with Gasteiger partial charge in [0.1, 0.15) is 6.07 Å². The van der Waals surface area contributed by atoms with Crippen LogP contribution in [-0.4, -0.2) is 22.6 Å². The van der Waals surface area contributed by atoms with Gasteiger partial charge in [0.25, 0.3) is 0 Å². The zero-order chi connectivity index (χ0) is 13.7. The number of carboxylic acid groups (broad SMARTS) is 1. The van der Waals surface area contributed by atoms with Crippen molar-refractivity contribution in [1.82, 2.24) is 0 Å². The predicted molar refractivity (Wildman–Crippen MR) is 74.7 cm³/mol. The van der Waals surface area contributed by atoms with Crippen LogP contribution in [0, 0.1) is 20.3 Å². The molecule has 0 saturated carbocycles. The summed E-state index contributed by atoms with van der Waals surface area (Å²) in [5, 5.41) is 28.3. The number of rotatable bonds is 4. The number of aromatic carboxylic acids is 1. The Kier molecular flexibility index (Phi) is 4.61. The molecule has 0 atom stereocenters. The number of hydrogen-bond donors (Lipinski definition) is 4. The Bertz CT molecular complexity index is 576. The van der Waals surface area contributed by atoms with Crippen molar-refractivity contribution in [1.29, 1.82) is 10.7 Å². The Balaban J connectivity index is 3.09. The highest BCUT2D eigenvalue weighted by atomic mass is 127. The van der Waals surface area contributed by atoms with Gasteiger partial charge in [-0.3, -0.25) is 10.8 Å². The van der Waals surface area contributed by atoms with Gasteiger partial charge in [0, 0.05) is 3.57 Å². The molecule has 1 aromatic rings. The number of amidine groups is 1. The van der Waals surface area contributed by atoms with Crippen LogP contribution >= 0.6 is 22.6 Å². The Labute approximate surface area is 116 Å². The van der Waals surface area contributed by atoms with Crippen LogP contribution in [0.25, 0.3) is 0 Å². The zero-order valence-electron chi connectivity index (χ0n) is 8.94. The largest absolute Gasteiger partial charge is 0.478 e. The van der Waals surface area contributed by atoms with E-state index in [0.29, 0.717) is 0 Å².